The lowest BCUT2D eigenvalue weighted by Gasteiger charge is -2.30. The van der Waals surface area contributed by atoms with Crippen LogP contribution in [0.25, 0.3) is 10.8 Å². The van der Waals surface area contributed by atoms with E-state index in [1.807, 2.05) is 36.4 Å². The monoisotopic (exact) mass is 405 g/mol. The SMILES string of the molecule is COC(=O)C1CCN(C(=O)COc2ccc3cc(Br)ccc3c2)CC1. The van der Waals surface area contributed by atoms with Crippen LogP contribution in [0, 0.1) is 5.92 Å². The number of likely N-dealkylation sites (tertiary alicyclic amines) is 1. The van der Waals surface area contributed by atoms with Gasteiger partial charge in [0.05, 0.1) is 13.0 Å². The van der Waals surface area contributed by atoms with Crippen LogP contribution in [0.2, 0.25) is 0 Å². The number of nitrogens with zero attached hydrogens (tertiary/aromatic N) is 1. The number of amides is 1. The molecule has 6 heteroatoms. The van der Waals surface area contributed by atoms with Gasteiger partial charge in [-0.05, 0) is 47.9 Å². The van der Waals surface area contributed by atoms with Crippen LogP contribution in [0.3, 0.4) is 0 Å². The number of halogens is 1. The fourth-order valence-electron chi connectivity index (χ4n) is 3.05. The smallest absolute Gasteiger partial charge is 0.308 e. The molecular weight excluding hydrogens is 386 g/mol. The van der Waals surface area contributed by atoms with Crippen molar-refractivity contribution in [3.8, 4) is 5.75 Å². The molecule has 0 N–H and O–H groups in total. The standard InChI is InChI=1S/C19H20BrNO4/c1-24-19(23)13-6-8-21(9-7-13)18(22)12-25-17-5-3-14-10-16(20)4-2-15(14)11-17/h2-5,10-11,13H,6-9,12H2,1H3. The van der Waals surface area contributed by atoms with E-state index in [2.05, 4.69) is 15.9 Å². The molecule has 1 aliphatic rings. The maximum atomic E-state index is 12.3. The molecule has 3 rings (SSSR count). The van der Waals surface area contributed by atoms with Crippen molar-refractivity contribution in [1.82, 2.24) is 4.90 Å². The van der Waals surface area contributed by atoms with Crippen LogP contribution in [-0.2, 0) is 14.3 Å². The molecule has 1 heterocycles. The van der Waals surface area contributed by atoms with E-state index >= 15 is 0 Å². The first-order valence-corrected chi connectivity index (χ1v) is 9.04. The molecule has 0 bridgehead atoms. The minimum absolute atomic E-state index is 0.00489. The number of ether oxygens (including phenoxy) is 2. The Kier molecular flexibility index (Phi) is 5.58. The first-order chi connectivity index (χ1) is 12.1. The Morgan fingerprint density at radius 2 is 1.80 bits per heavy atom. The van der Waals surface area contributed by atoms with E-state index in [1.165, 1.54) is 7.11 Å². The number of hydrogen-bond donors (Lipinski definition) is 0. The third-order valence-electron chi connectivity index (χ3n) is 4.52. The summed E-state index contributed by atoms with van der Waals surface area (Å²) in [5, 5.41) is 2.17. The number of esters is 1. The number of benzene rings is 2. The summed E-state index contributed by atoms with van der Waals surface area (Å²) in [6.45, 7) is 1.13. The Hall–Kier alpha value is -2.08. The van der Waals surface area contributed by atoms with E-state index in [0.717, 1.165) is 15.2 Å². The molecule has 2 aromatic rings. The van der Waals surface area contributed by atoms with Gasteiger partial charge >= 0.3 is 5.97 Å². The topological polar surface area (TPSA) is 55.8 Å². The number of piperidine rings is 1. The molecule has 0 aromatic heterocycles. The molecule has 0 radical (unpaired) electrons. The Balaban J connectivity index is 1.54. The molecule has 5 nitrogen and oxygen atoms in total. The van der Waals surface area contributed by atoms with Crippen molar-refractivity contribution in [1.29, 1.82) is 0 Å². The summed E-state index contributed by atoms with van der Waals surface area (Å²) in [7, 11) is 1.40. The van der Waals surface area contributed by atoms with Crippen molar-refractivity contribution in [2.45, 2.75) is 12.8 Å². The highest BCUT2D eigenvalue weighted by atomic mass is 79.9. The molecule has 0 saturated carbocycles. The second kappa shape index (κ2) is 7.87. The summed E-state index contributed by atoms with van der Waals surface area (Å²) in [5.41, 5.74) is 0. The molecule has 132 valence electrons. The Bertz CT molecular complexity index is 784. The maximum Gasteiger partial charge on any atom is 0.308 e. The predicted octanol–water partition coefficient (Wildman–Crippen LogP) is 3.39. The first kappa shape index (κ1) is 17.7. The zero-order valence-electron chi connectivity index (χ0n) is 14.0. The molecular formula is C19H20BrNO4. The lowest BCUT2D eigenvalue weighted by atomic mass is 9.97. The van der Waals surface area contributed by atoms with Gasteiger partial charge in [0.1, 0.15) is 5.75 Å². The highest BCUT2D eigenvalue weighted by Crippen LogP contribution is 2.24. The van der Waals surface area contributed by atoms with Gasteiger partial charge in [-0.15, -0.1) is 0 Å². The average Bonchev–Trinajstić information content (AvgIpc) is 2.65. The summed E-state index contributed by atoms with van der Waals surface area (Å²) in [6, 6.07) is 11.8. The summed E-state index contributed by atoms with van der Waals surface area (Å²) in [5.74, 6) is 0.327. The fraction of sp³-hybridized carbons (Fsp3) is 0.368. The summed E-state index contributed by atoms with van der Waals surface area (Å²) in [4.78, 5) is 25.6. The molecule has 1 fully saturated rings. The highest BCUT2D eigenvalue weighted by Gasteiger charge is 2.27. The maximum absolute atomic E-state index is 12.3. The van der Waals surface area contributed by atoms with Crippen LogP contribution in [0.1, 0.15) is 12.8 Å². The fourth-order valence-corrected chi connectivity index (χ4v) is 3.43. The highest BCUT2D eigenvalue weighted by molar-refractivity contribution is 9.10. The lowest BCUT2D eigenvalue weighted by molar-refractivity contribution is -0.149. The average molecular weight is 406 g/mol. The third kappa shape index (κ3) is 4.31. The number of hydrogen-bond acceptors (Lipinski definition) is 4. The van der Waals surface area contributed by atoms with E-state index in [4.69, 9.17) is 9.47 Å². The molecule has 2 aromatic carbocycles. The van der Waals surface area contributed by atoms with Crippen molar-refractivity contribution in [3.63, 3.8) is 0 Å². The van der Waals surface area contributed by atoms with Gasteiger partial charge < -0.3 is 14.4 Å². The van der Waals surface area contributed by atoms with E-state index < -0.39 is 0 Å². The van der Waals surface area contributed by atoms with E-state index in [9.17, 15) is 9.59 Å². The lowest BCUT2D eigenvalue weighted by Crippen LogP contribution is -2.42. The largest absolute Gasteiger partial charge is 0.484 e. The van der Waals surface area contributed by atoms with Gasteiger partial charge in [-0.2, -0.15) is 0 Å². The number of methoxy groups -OCH3 is 1. The number of fused-ring (bicyclic) bond motifs is 1. The first-order valence-electron chi connectivity index (χ1n) is 8.24. The minimum atomic E-state index is -0.189. The van der Waals surface area contributed by atoms with E-state index in [0.29, 0.717) is 31.7 Å². The van der Waals surface area contributed by atoms with Gasteiger partial charge in [-0.3, -0.25) is 9.59 Å². The van der Waals surface area contributed by atoms with Gasteiger partial charge in [0.2, 0.25) is 0 Å². The quantitative estimate of drug-likeness (QED) is 0.731. The number of rotatable bonds is 4. The second-order valence-corrected chi connectivity index (χ2v) is 7.04. The molecule has 0 atom stereocenters. The van der Waals surface area contributed by atoms with Gasteiger partial charge in [-0.1, -0.05) is 28.1 Å². The molecule has 25 heavy (non-hydrogen) atoms. The van der Waals surface area contributed by atoms with Gasteiger partial charge in [0.15, 0.2) is 6.61 Å². The molecule has 0 unspecified atom stereocenters. The summed E-state index contributed by atoms with van der Waals surface area (Å²) in [6.07, 6.45) is 1.28. The normalized spacial score (nSPS) is 15.2. The number of carbonyl (C=O) groups is 2. The second-order valence-electron chi connectivity index (χ2n) is 6.12. The van der Waals surface area contributed by atoms with Crippen molar-refractivity contribution < 1.29 is 19.1 Å². The van der Waals surface area contributed by atoms with Gasteiger partial charge in [0, 0.05) is 17.6 Å². The van der Waals surface area contributed by atoms with Crippen LogP contribution in [-0.4, -0.2) is 43.6 Å². The minimum Gasteiger partial charge on any atom is -0.484 e. The van der Waals surface area contributed by atoms with Crippen LogP contribution in [0.15, 0.2) is 40.9 Å². The predicted molar refractivity (Wildman–Crippen MR) is 98.5 cm³/mol. The summed E-state index contributed by atoms with van der Waals surface area (Å²) < 4.78 is 11.5. The van der Waals surface area contributed by atoms with Crippen LogP contribution in [0.4, 0.5) is 0 Å². The van der Waals surface area contributed by atoms with Crippen molar-refractivity contribution in [2.75, 3.05) is 26.8 Å². The van der Waals surface area contributed by atoms with Crippen molar-refractivity contribution >= 4 is 38.6 Å². The zero-order chi connectivity index (χ0) is 17.8. The van der Waals surface area contributed by atoms with E-state index in [1.54, 1.807) is 4.90 Å². The summed E-state index contributed by atoms with van der Waals surface area (Å²) >= 11 is 3.45. The van der Waals surface area contributed by atoms with Crippen molar-refractivity contribution in [2.24, 2.45) is 5.92 Å². The molecule has 1 aliphatic heterocycles. The molecule has 0 aliphatic carbocycles. The van der Waals surface area contributed by atoms with Crippen molar-refractivity contribution in [3.05, 3.63) is 40.9 Å². The molecule has 1 amide bonds. The Morgan fingerprint density at radius 1 is 1.12 bits per heavy atom. The van der Waals surface area contributed by atoms with E-state index in [-0.39, 0.29) is 24.4 Å². The van der Waals surface area contributed by atoms with Crippen LogP contribution >= 0.6 is 15.9 Å². The Labute approximate surface area is 155 Å². The van der Waals surface area contributed by atoms with Gasteiger partial charge in [-0.25, -0.2) is 0 Å². The molecule has 1 saturated heterocycles. The zero-order valence-corrected chi connectivity index (χ0v) is 15.6. The van der Waals surface area contributed by atoms with Crippen LogP contribution < -0.4 is 4.74 Å². The van der Waals surface area contributed by atoms with Crippen LogP contribution in [0.5, 0.6) is 5.75 Å². The number of carbonyl (C=O) groups excluding carboxylic acids is 2. The van der Waals surface area contributed by atoms with Gasteiger partial charge in [0.25, 0.3) is 5.91 Å². The molecule has 0 spiro atoms. The third-order valence-corrected chi connectivity index (χ3v) is 5.01. The Morgan fingerprint density at radius 3 is 2.52 bits per heavy atom.